The highest BCUT2D eigenvalue weighted by Crippen LogP contribution is 2.42. The molecule has 9 heteroatoms. The van der Waals surface area contributed by atoms with Gasteiger partial charge in [-0.25, -0.2) is 18.0 Å². The molecule has 2 fully saturated rings. The van der Waals surface area contributed by atoms with Crippen molar-refractivity contribution < 1.29 is 32.6 Å². The number of benzene rings is 1. The highest BCUT2D eigenvalue weighted by atomic mass is 19.1. The molecule has 1 aliphatic heterocycles. The predicted molar refractivity (Wildman–Crippen MR) is 135 cm³/mol. The maximum Gasteiger partial charge on any atom is 0.339 e. The lowest BCUT2D eigenvalue weighted by Crippen LogP contribution is -2.63. The van der Waals surface area contributed by atoms with Gasteiger partial charge in [-0.1, -0.05) is 33.3 Å². The second-order valence-electron chi connectivity index (χ2n) is 10.1. The molecule has 0 aromatic heterocycles. The largest absolute Gasteiger partial charge is 0.494 e. The quantitative estimate of drug-likeness (QED) is 0.214. The van der Waals surface area contributed by atoms with Crippen LogP contribution in [0, 0.1) is 30.5 Å². The number of ketones is 1. The zero-order valence-electron chi connectivity index (χ0n) is 22.0. The number of Topliss-reactive ketones (excluding diaryl/α,β-unsaturated/α-hetero) is 1. The van der Waals surface area contributed by atoms with Gasteiger partial charge in [0.2, 0.25) is 5.78 Å². The Kier molecular flexibility index (Phi) is 10.00. The molecule has 202 valence electrons. The van der Waals surface area contributed by atoms with E-state index in [2.05, 4.69) is 6.92 Å². The third-order valence-corrected chi connectivity index (χ3v) is 7.48. The van der Waals surface area contributed by atoms with E-state index in [1.165, 1.54) is 20.1 Å². The lowest BCUT2D eigenvalue weighted by molar-refractivity contribution is -0.132. The Hall–Kier alpha value is -2.55. The van der Waals surface area contributed by atoms with Crippen LogP contribution < -0.4 is 15.4 Å². The van der Waals surface area contributed by atoms with E-state index in [0.717, 1.165) is 25.3 Å². The highest BCUT2D eigenvalue weighted by Gasteiger charge is 2.43. The Bertz CT molecular complexity index is 1000. The number of ether oxygens (including phenoxy) is 1. The molecule has 2 aliphatic rings. The van der Waals surface area contributed by atoms with Gasteiger partial charge in [0.15, 0.2) is 5.82 Å². The number of carboxylic acids is 1. The average Bonchev–Trinajstić information content (AvgIpc) is 3.53. The summed E-state index contributed by atoms with van der Waals surface area (Å²) in [4.78, 5) is 25.6. The van der Waals surface area contributed by atoms with E-state index in [1.54, 1.807) is 11.8 Å². The third-order valence-electron chi connectivity index (χ3n) is 7.48. The number of nitrogens with zero attached hydrogens (tertiary/aromatic N) is 1. The van der Waals surface area contributed by atoms with Crippen molar-refractivity contribution in [2.24, 2.45) is 23.5 Å². The fraction of sp³-hybridized carbons (Fsp3) is 0.630. The van der Waals surface area contributed by atoms with Gasteiger partial charge >= 0.3 is 5.97 Å². The molecule has 0 spiro atoms. The van der Waals surface area contributed by atoms with E-state index in [1.807, 2.05) is 13.8 Å². The zero-order chi connectivity index (χ0) is 27.4. The summed E-state index contributed by atoms with van der Waals surface area (Å²) in [5.74, 6) is -2.50. The van der Waals surface area contributed by atoms with Crippen molar-refractivity contribution in [3.63, 3.8) is 0 Å². The molecule has 1 heterocycles. The van der Waals surface area contributed by atoms with Gasteiger partial charge in [-0.05, 0) is 50.5 Å². The van der Waals surface area contributed by atoms with Crippen molar-refractivity contribution >= 4 is 17.4 Å². The molecule has 5 atom stereocenters. The summed E-state index contributed by atoms with van der Waals surface area (Å²) in [6, 6.07) is 1.01. The van der Waals surface area contributed by atoms with Crippen molar-refractivity contribution in [1.82, 2.24) is 0 Å². The monoisotopic (exact) mass is 512 g/mol. The van der Waals surface area contributed by atoms with Crippen LogP contribution in [0.1, 0.15) is 62.9 Å². The van der Waals surface area contributed by atoms with E-state index < -0.39 is 41.5 Å². The second-order valence-corrected chi connectivity index (χ2v) is 10.1. The van der Waals surface area contributed by atoms with Crippen molar-refractivity contribution in [2.75, 3.05) is 31.8 Å². The summed E-state index contributed by atoms with van der Waals surface area (Å²) in [5, 5.41) is 9.22. The number of methoxy groups -OCH3 is 1. The minimum Gasteiger partial charge on any atom is -0.494 e. The number of allylic oxidation sites excluding steroid dienone is 1. The van der Waals surface area contributed by atoms with E-state index >= 15 is 4.39 Å². The number of hydrogen-bond acceptors (Lipinski definition) is 5. The Balaban J connectivity index is 0.000000558. The first-order chi connectivity index (χ1) is 16.9. The molecule has 0 bridgehead atoms. The second kappa shape index (κ2) is 12.1. The minimum absolute atomic E-state index is 0.00291. The molecule has 6 nitrogen and oxygen atoms in total. The lowest BCUT2D eigenvalue weighted by Gasteiger charge is -2.48. The van der Waals surface area contributed by atoms with Gasteiger partial charge in [0.1, 0.15) is 29.9 Å². The van der Waals surface area contributed by atoms with Gasteiger partial charge in [-0.3, -0.25) is 4.79 Å². The number of anilines is 1. The molecule has 36 heavy (non-hydrogen) atoms. The number of carbonyl (C=O) groups is 2. The van der Waals surface area contributed by atoms with E-state index in [4.69, 9.17) is 10.5 Å². The van der Waals surface area contributed by atoms with Crippen LogP contribution in [0.3, 0.4) is 0 Å². The first-order valence-electron chi connectivity index (χ1n) is 12.4. The Morgan fingerprint density at radius 1 is 1.36 bits per heavy atom. The first-order valence-corrected chi connectivity index (χ1v) is 12.4. The Morgan fingerprint density at radius 3 is 2.39 bits per heavy atom. The summed E-state index contributed by atoms with van der Waals surface area (Å²) in [6.07, 6.45) is 3.82. The zero-order valence-corrected chi connectivity index (χ0v) is 22.0. The number of halogens is 3. The number of piperidine rings is 1. The van der Waals surface area contributed by atoms with Crippen LogP contribution in [0.15, 0.2) is 17.7 Å². The normalized spacial score (nSPS) is 27.7. The van der Waals surface area contributed by atoms with Gasteiger partial charge in [-0.2, -0.15) is 0 Å². The van der Waals surface area contributed by atoms with Gasteiger partial charge in [0, 0.05) is 24.2 Å². The Morgan fingerprint density at radius 2 is 1.97 bits per heavy atom. The minimum atomic E-state index is -1.39. The molecule has 4 unspecified atom stereocenters. The van der Waals surface area contributed by atoms with E-state index in [9.17, 15) is 23.5 Å². The summed E-state index contributed by atoms with van der Waals surface area (Å²) in [7, 11) is 1.34. The van der Waals surface area contributed by atoms with Crippen LogP contribution in [0.2, 0.25) is 0 Å². The molecule has 3 N–H and O–H groups in total. The van der Waals surface area contributed by atoms with Gasteiger partial charge in [-0.15, -0.1) is 0 Å². The molecule has 0 radical (unpaired) electrons. The molecule has 1 aromatic rings. The van der Waals surface area contributed by atoms with Crippen LogP contribution >= 0.6 is 0 Å². The van der Waals surface area contributed by atoms with Crippen LogP contribution in [-0.2, 0) is 4.79 Å². The van der Waals surface area contributed by atoms with Crippen molar-refractivity contribution in [3.05, 3.63) is 34.7 Å². The molecule has 1 aliphatic carbocycles. The number of aliphatic carboxylic acids is 1. The molecular weight excluding hydrogens is 473 g/mol. The first kappa shape index (κ1) is 29.7. The van der Waals surface area contributed by atoms with Crippen LogP contribution in [0.4, 0.5) is 18.9 Å². The molecule has 0 amide bonds. The van der Waals surface area contributed by atoms with Crippen molar-refractivity contribution in [1.29, 1.82) is 0 Å². The number of carbonyl (C=O) groups excluding carboxylic acids is 1. The predicted octanol–water partition coefficient (Wildman–Crippen LogP) is 5.26. The Labute approximate surface area is 211 Å². The average molecular weight is 513 g/mol. The maximum atomic E-state index is 15.2. The smallest absolute Gasteiger partial charge is 0.339 e. The third kappa shape index (κ3) is 6.22. The summed E-state index contributed by atoms with van der Waals surface area (Å²) in [5.41, 5.74) is 4.98. The number of carboxylic acid groups (broad SMARTS) is 1. The molecule has 3 rings (SSSR count). The van der Waals surface area contributed by atoms with Gasteiger partial charge in [0.05, 0.1) is 12.6 Å². The number of alkyl halides is 2. The number of nitrogens with two attached hydrogens (primary N) is 1. The maximum absolute atomic E-state index is 15.2. The van der Waals surface area contributed by atoms with Gasteiger partial charge in [0.25, 0.3) is 0 Å². The SMILES string of the molecule is C/C=C(/C(=O)O)C(=O)c1cc(F)c(N2CC(C)C(C)[C@@](N)(CF)C2)c(OC)c1C.CCCC1CC1F. The molecule has 1 aromatic carbocycles. The lowest BCUT2D eigenvalue weighted by atomic mass is 9.75. The van der Waals surface area contributed by atoms with E-state index in [0.29, 0.717) is 18.0 Å². The summed E-state index contributed by atoms with van der Waals surface area (Å²) < 4.78 is 46.3. The fourth-order valence-electron chi connectivity index (χ4n) is 4.84. The van der Waals surface area contributed by atoms with Crippen LogP contribution in [0.25, 0.3) is 0 Å². The van der Waals surface area contributed by atoms with Crippen molar-refractivity contribution in [2.45, 2.75) is 65.6 Å². The van der Waals surface area contributed by atoms with Crippen molar-refractivity contribution in [3.8, 4) is 5.75 Å². The highest BCUT2D eigenvalue weighted by molar-refractivity contribution is 6.24. The standard InChI is InChI=1S/C21H28F2N2O4.C6H11F/c1-6-14(20(27)28)18(26)15-7-16(23)17(19(29-5)12(15)3)25-8-11(2)13(4)21(24,9-22)10-25;1-2-3-5-4-6(5)7/h6-7,11,13H,8-10,24H2,1-5H3,(H,27,28);5-6H,2-4H2,1H3/b14-6+;/t11?,13?,21-;/m1./s1. The van der Waals surface area contributed by atoms with Crippen LogP contribution in [0.5, 0.6) is 5.75 Å². The van der Waals surface area contributed by atoms with Gasteiger partial charge < -0.3 is 20.5 Å². The fourth-order valence-corrected chi connectivity index (χ4v) is 4.84. The molecule has 1 saturated heterocycles. The van der Waals surface area contributed by atoms with E-state index in [-0.39, 0.29) is 35.4 Å². The summed E-state index contributed by atoms with van der Waals surface area (Å²) in [6.45, 7) is 8.67. The van der Waals surface area contributed by atoms with Crippen LogP contribution in [-0.4, -0.2) is 55.4 Å². The number of hydrogen-bond donors (Lipinski definition) is 2. The molecule has 1 saturated carbocycles. The summed E-state index contributed by atoms with van der Waals surface area (Å²) >= 11 is 0. The topological polar surface area (TPSA) is 92.9 Å². The molecular formula is C27H39F3N2O4. The number of rotatable bonds is 8.